The SMILES string of the molecule is CC(C)O.O.O.O[Si](C1CCCCC1)(C1CCCCC1)C1CCCCC1.[Ti]. The van der Waals surface area contributed by atoms with E-state index in [4.69, 9.17) is 5.11 Å². The number of hydrogen-bond acceptors (Lipinski definition) is 2. The molecule has 4 nitrogen and oxygen atoms in total. The first-order chi connectivity index (χ1) is 11.5. The Kier molecular flexibility index (Phi) is 17.3. The minimum atomic E-state index is -2.05. The summed E-state index contributed by atoms with van der Waals surface area (Å²) in [5, 5.41) is 8.06. The van der Waals surface area contributed by atoms with Crippen LogP contribution in [0.1, 0.15) is 110 Å². The molecule has 3 aliphatic rings. The smallest absolute Gasteiger partial charge is 0.197 e. The van der Waals surface area contributed by atoms with Gasteiger partial charge in [0.15, 0.2) is 8.32 Å². The van der Waals surface area contributed by atoms with Crippen molar-refractivity contribution < 1.29 is 42.6 Å². The van der Waals surface area contributed by atoms with Gasteiger partial charge in [0, 0.05) is 27.8 Å². The first-order valence-corrected chi connectivity index (χ1v) is 13.1. The summed E-state index contributed by atoms with van der Waals surface area (Å²) in [7, 11) is -2.05. The van der Waals surface area contributed by atoms with E-state index in [-0.39, 0.29) is 38.8 Å². The van der Waals surface area contributed by atoms with Gasteiger partial charge < -0.3 is 20.9 Å². The summed E-state index contributed by atoms with van der Waals surface area (Å²) < 4.78 is 0. The predicted octanol–water partition coefficient (Wildman–Crippen LogP) is 4.66. The summed E-state index contributed by atoms with van der Waals surface area (Å²) in [5.41, 5.74) is 2.30. The molecule has 3 fully saturated rings. The van der Waals surface area contributed by atoms with E-state index in [1.165, 1.54) is 96.3 Å². The van der Waals surface area contributed by atoms with Crippen molar-refractivity contribution in [2.75, 3.05) is 0 Å². The Morgan fingerprint density at radius 2 is 0.778 bits per heavy atom. The molecule has 0 aliphatic heterocycles. The van der Waals surface area contributed by atoms with Gasteiger partial charge >= 0.3 is 0 Å². The monoisotopic (exact) mass is 438 g/mol. The second-order valence-electron chi connectivity index (χ2n) is 8.99. The Balaban J connectivity index is 0. The molecule has 162 valence electrons. The molecule has 0 aromatic heterocycles. The molecule has 0 heterocycles. The zero-order valence-electron chi connectivity index (χ0n) is 17.8. The Morgan fingerprint density at radius 1 is 0.593 bits per heavy atom. The Morgan fingerprint density at radius 3 is 0.963 bits per heavy atom. The van der Waals surface area contributed by atoms with Crippen LogP contribution in [-0.2, 0) is 21.7 Å². The molecule has 0 bridgehead atoms. The van der Waals surface area contributed by atoms with Gasteiger partial charge in [-0.25, -0.2) is 0 Å². The zero-order valence-corrected chi connectivity index (χ0v) is 20.4. The van der Waals surface area contributed by atoms with Crippen LogP contribution in [0.25, 0.3) is 0 Å². The van der Waals surface area contributed by atoms with Crippen molar-refractivity contribution in [1.82, 2.24) is 0 Å². The van der Waals surface area contributed by atoms with Gasteiger partial charge in [-0.15, -0.1) is 0 Å². The second kappa shape index (κ2) is 15.6. The van der Waals surface area contributed by atoms with Crippen molar-refractivity contribution in [3.05, 3.63) is 0 Å². The van der Waals surface area contributed by atoms with Gasteiger partial charge in [0.2, 0.25) is 0 Å². The maximum Gasteiger partial charge on any atom is 0.197 e. The fourth-order valence-corrected chi connectivity index (χ4v) is 11.7. The zero-order chi connectivity index (χ0) is 17.4. The molecule has 0 spiro atoms. The van der Waals surface area contributed by atoms with Gasteiger partial charge in [-0.3, -0.25) is 0 Å². The number of aliphatic hydroxyl groups excluding tert-OH is 1. The molecular formula is C21H46O4SiTi. The van der Waals surface area contributed by atoms with Gasteiger partial charge in [-0.05, 0) is 30.5 Å². The Labute approximate surface area is 183 Å². The molecule has 0 saturated heterocycles. The van der Waals surface area contributed by atoms with Crippen LogP contribution in [0, 0.1) is 0 Å². The Hall–Kier alpha value is 0.771. The summed E-state index contributed by atoms with van der Waals surface area (Å²) in [4.78, 5) is 12.0. The van der Waals surface area contributed by atoms with Crippen LogP contribution in [0.3, 0.4) is 0 Å². The van der Waals surface area contributed by atoms with E-state index in [0.717, 1.165) is 16.6 Å². The normalized spacial score (nSPS) is 22.6. The van der Waals surface area contributed by atoms with Gasteiger partial charge in [0.1, 0.15) is 0 Å². The van der Waals surface area contributed by atoms with Crippen molar-refractivity contribution in [3.8, 4) is 0 Å². The topological polar surface area (TPSA) is 103 Å². The summed E-state index contributed by atoms with van der Waals surface area (Å²) in [5.74, 6) is 0. The van der Waals surface area contributed by atoms with E-state index in [0.29, 0.717) is 0 Å². The van der Waals surface area contributed by atoms with Crippen LogP contribution < -0.4 is 0 Å². The number of rotatable bonds is 3. The molecule has 3 saturated carbocycles. The maximum absolute atomic E-state index is 12.0. The molecule has 0 atom stereocenters. The number of hydrogen-bond donors (Lipinski definition) is 2. The molecule has 0 unspecified atom stereocenters. The molecule has 3 rings (SSSR count). The molecule has 0 aromatic rings. The van der Waals surface area contributed by atoms with Crippen LogP contribution in [0.2, 0.25) is 16.6 Å². The van der Waals surface area contributed by atoms with Gasteiger partial charge in [-0.1, -0.05) is 96.3 Å². The average Bonchev–Trinajstić information content (AvgIpc) is 2.63. The van der Waals surface area contributed by atoms with E-state index in [2.05, 4.69) is 0 Å². The minimum absolute atomic E-state index is 0. The maximum atomic E-state index is 12.0. The summed E-state index contributed by atoms with van der Waals surface area (Å²) >= 11 is 0. The average molecular weight is 439 g/mol. The van der Waals surface area contributed by atoms with Crippen molar-refractivity contribution in [3.63, 3.8) is 0 Å². The summed E-state index contributed by atoms with van der Waals surface area (Å²) in [6.07, 6.45) is 20.8. The van der Waals surface area contributed by atoms with E-state index in [1.807, 2.05) is 0 Å². The van der Waals surface area contributed by atoms with Crippen LogP contribution in [0.15, 0.2) is 0 Å². The largest absolute Gasteiger partial charge is 0.431 e. The Bertz CT molecular complexity index is 291. The fraction of sp³-hybridized carbons (Fsp3) is 1.00. The third kappa shape index (κ3) is 8.98. The third-order valence-electron chi connectivity index (χ3n) is 6.78. The first-order valence-electron chi connectivity index (χ1n) is 11.0. The van der Waals surface area contributed by atoms with E-state index < -0.39 is 8.32 Å². The second-order valence-corrected chi connectivity index (χ2v) is 13.2. The first kappa shape index (κ1) is 30.0. The van der Waals surface area contributed by atoms with Crippen LogP contribution in [-0.4, -0.2) is 35.3 Å². The summed E-state index contributed by atoms with van der Waals surface area (Å²) in [6, 6.07) is 0. The van der Waals surface area contributed by atoms with Gasteiger partial charge in [0.05, 0.1) is 0 Å². The van der Waals surface area contributed by atoms with Crippen LogP contribution in [0.4, 0.5) is 0 Å². The number of aliphatic hydroxyl groups is 1. The molecule has 0 aromatic carbocycles. The third-order valence-corrected chi connectivity index (χ3v) is 12.4. The van der Waals surface area contributed by atoms with Crippen molar-refractivity contribution >= 4 is 8.32 Å². The fourth-order valence-electron chi connectivity index (χ4n) is 5.70. The summed E-state index contributed by atoms with van der Waals surface area (Å²) in [6.45, 7) is 3.44. The molecule has 3 aliphatic carbocycles. The molecule has 0 radical (unpaired) electrons. The van der Waals surface area contributed by atoms with Crippen molar-refractivity contribution in [1.29, 1.82) is 0 Å². The van der Waals surface area contributed by atoms with Gasteiger partial charge in [-0.2, -0.15) is 0 Å². The standard InChI is InChI=1S/C18H34OSi.C3H8O.2H2O.Ti/c19-20(16-10-4-1-5-11-16,17-12-6-2-7-13-17)18-14-8-3-9-15-18;1-3(2)4;;;/h16-19H,1-15H2;3-4H,1-2H3;2*1H2;. The molecule has 27 heavy (non-hydrogen) atoms. The minimum Gasteiger partial charge on any atom is -0.431 e. The van der Waals surface area contributed by atoms with E-state index >= 15 is 0 Å². The van der Waals surface area contributed by atoms with Crippen molar-refractivity contribution in [2.45, 2.75) is 133 Å². The molecular weight excluding hydrogens is 392 g/mol. The van der Waals surface area contributed by atoms with Crippen LogP contribution >= 0.6 is 0 Å². The van der Waals surface area contributed by atoms with E-state index in [9.17, 15) is 4.80 Å². The van der Waals surface area contributed by atoms with Crippen molar-refractivity contribution in [2.24, 2.45) is 0 Å². The van der Waals surface area contributed by atoms with Crippen LogP contribution in [0.5, 0.6) is 0 Å². The quantitative estimate of drug-likeness (QED) is 0.626. The van der Waals surface area contributed by atoms with Gasteiger partial charge in [0.25, 0.3) is 0 Å². The predicted molar refractivity (Wildman–Crippen MR) is 113 cm³/mol. The molecule has 0 amide bonds. The molecule has 6 heteroatoms. The van der Waals surface area contributed by atoms with E-state index in [1.54, 1.807) is 13.8 Å². The molecule has 6 N–H and O–H groups in total.